The Labute approximate surface area is 164 Å². The van der Waals surface area contributed by atoms with Gasteiger partial charge in [0.25, 0.3) is 5.69 Å². The number of benzene rings is 1. The molecule has 0 aromatic heterocycles. The zero-order valence-corrected chi connectivity index (χ0v) is 16.9. The quantitative estimate of drug-likeness (QED) is 0.440. The molecule has 1 aliphatic rings. The van der Waals surface area contributed by atoms with E-state index >= 15 is 0 Å². The highest BCUT2D eigenvalue weighted by molar-refractivity contribution is 5.95. The van der Waals surface area contributed by atoms with Crippen LogP contribution in [-0.4, -0.2) is 59.8 Å². The molecule has 2 rings (SSSR count). The molecule has 0 aliphatic carbocycles. The Morgan fingerprint density at radius 1 is 1.29 bits per heavy atom. The lowest BCUT2D eigenvalue weighted by molar-refractivity contribution is -0.385. The first kappa shape index (κ1) is 21.5. The average Bonchev–Trinajstić information content (AvgIpc) is 2.59. The molecule has 9 heteroatoms. The number of carbonyl (C=O) groups is 2. The number of nitro groups is 1. The molecule has 1 fully saturated rings. The SMILES string of the molecule is CCOC(=O)c1cc(N2CCN(C(=O)OC(C)(C)C)C[C@@H]2C)ccc1[N+](=O)[O-]. The van der Waals surface area contributed by atoms with Crippen LogP contribution in [0.25, 0.3) is 0 Å². The smallest absolute Gasteiger partial charge is 0.410 e. The molecule has 1 atom stereocenters. The van der Waals surface area contributed by atoms with Crippen LogP contribution in [0.3, 0.4) is 0 Å². The Morgan fingerprint density at radius 3 is 2.50 bits per heavy atom. The highest BCUT2D eigenvalue weighted by atomic mass is 16.6. The maximum atomic E-state index is 12.3. The van der Waals surface area contributed by atoms with Crippen molar-refractivity contribution in [2.75, 3.05) is 31.1 Å². The summed E-state index contributed by atoms with van der Waals surface area (Å²) in [5, 5.41) is 11.2. The minimum Gasteiger partial charge on any atom is -0.462 e. The molecule has 0 radical (unpaired) electrons. The van der Waals surface area contributed by atoms with Crippen LogP contribution in [-0.2, 0) is 9.47 Å². The van der Waals surface area contributed by atoms with Gasteiger partial charge in [-0.3, -0.25) is 10.1 Å². The lowest BCUT2D eigenvalue weighted by Gasteiger charge is -2.41. The summed E-state index contributed by atoms with van der Waals surface area (Å²) < 4.78 is 10.4. The molecule has 1 amide bonds. The molecular formula is C19H27N3O6. The van der Waals surface area contributed by atoms with E-state index in [1.165, 1.54) is 12.1 Å². The molecule has 28 heavy (non-hydrogen) atoms. The van der Waals surface area contributed by atoms with E-state index in [9.17, 15) is 19.7 Å². The molecule has 1 aromatic rings. The third-order valence-electron chi connectivity index (χ3n) is 4.28. The fraction of sp³-hybridized carbons (Fsp3) is 0.579. The van der Waals surface area contributed by atoms with Gasteiger partial charge in [-0.15, -0.1) is 0 Å². The summed E-state index contributed by atoms with van der Waals surface area (Å²) >= 11 is 0. The highest BCUT2D eigenvalue weighted by Gasteiger charge is 2.31. The Bertz CT molecular complexity index is 759. The van der Waals surface area contributed by atoms with Crippen LogP contribution < -0.4 is 4.90 Å². The van der Waals surface area contributed by atoms with Gasteiger partial charge in [0.05, 0.1) is 11.5 Å². The number of amides is 1. The number of hydrogen-bond donors (Lipinski definition) is 0. The van der Waals surface area contributed by atoms with Gasteiger partial charge in [0.15, 0.2) is 0 Å². The van der Waals surface area contributed by atoms with Crippen LogP contribution >= 0.6 is 0 Å². The van der Waals surface area contributed by atoms with E-state index in [0.29, 0.717) is 25.3 Å². The maximum Gasteiger partial charge on any atom is 0.410 e. The van der Waals surface area contributed by atoms with Gasteiger partial charge in [-0.05, 0) is 46.8 Å². The number of nitrogens with zero attached hydrogens (tertiary/aromatic N) is 3. The summed E-state index contributed by atoms with van der Waals surface area (Å²) in [5.74, 6) is -0.726. The van der Waals surface area contributed by atoms with Crippen LogP contribution in [0.2, 0.25) is 0 Å². The van der Waals surface area contributed by atoms with Crippen molar-refractivity contribution in [1.29, 1.82) is 0 Å². The van der Waals surface area contributed by atoms with Crippen LogP contribution in [0.15, 0.2) is 18.2 Å². The van der Waals surface area contributed by atoms with Crippen molar-refractivity contribution in [3.63, 3.8) is 0 Å². The Morgan fingerprint density at radius 2 is 1.96 bits per heavy atom. The fourth-order valence-electron chi connectivity index (χ4n) is 3.07. The molecule has 9 nitrogen and oxygen atoms in total. The van der Waals surface area contributed by atoms with Crippen LogP contribution in [0.5, 0.6) is 0 Å². The number of nitro benzene ring substituents is 1. The van der Waals surface area contributed by atoms with Crippen molar-refractivity contribution < 1.29 is 24.0 Å². The molecule has 0 N–H and O–H groups in total. The van der Waals surface area contributed by atoms with Gasteiger partial charge < -0.3 is 19.3 Å². The standard InChI is InChI=1S/C19H27N3O6/c1-6-27-17(23)15-11-14(7-8-16(15)22(25)26)21-10-9-20(12-13(21)2)18(24)28-19(3,4)5/h7-8,11,13H,6,9-10,12H2,1-5H3/t13-/m0/s1. The number of rotatable bonds is 4. The van der Waals surface area contributed by atoms with Gasteiger partial charge in [0.2, 0.25) is 0 Å². The third kappa shape index (κ3) is 5.11. The lowest BCUT2D eigenvalue weighted by atomic mass is 10.1. The van der Waals surface area contributed by atoms with Crippen molar-refractivity contribution in [3.05, 3.63) is 33.9 Å². The maximum absolute atomic E-state index is 12.3. The first-order valence-electron chi connectivity index (χ1n) is 9.23. The number of piperazine rings is 1. The molecular weight excluding hydrogens is 366 g/mol. The van der Waals surface area contributed by atoms with Gasteiger partial charge in [-0.25, -0.2) is 9.59 Å². The second-order valence-electron chi connectivity index (χ2n) is 7.65. The van der Waals surface area contributed by atoms with E-state index in [1.54, 1.807) is 17.9 Å². The monoisotopic (exact) mass is 393 g/mol. The molecule has 1 aliphatic heterocycles. The van der Waals surface area contributed by atoms with Crippen molar-refractivity contribution in [1.82, 2.24) is 4.90 Å². The number of carbonyl (C=O) groups excluding carboxylic acids is 2. The van der Waals surface area contributed by atoms with E-state index in [0.717, 1.165) is 0 Å². The summed E-state index contributed by atoms with van der Waals surface area (Å²) in [6.45, 7) is 10.6. The van der Waals surface area contributed by atoms with E-state index in [-0.39, 0.29) is 30.0 Å². The predicted molar refractivity (Wildman–Crippen MR) is 104 cm³/mol. The summed E-state index contributed by atoms with van der Waals surface area (Å²) in [7, 11) is 0. The topological polar surface area (TPSA) is 102 Å². The van der Waals surface area contributed by atoms with Crippen LogP contribution in [0.1, 0.15) is 45.0 Å². The zero-order chi connectivity index (χ0) is 21.1. The van der Waals surface area contributed by atoms with E-state index in [4.69, 9.17) is 9.47 Å². The molecule has 1 saturated heterocycles. The van der Waals surface area contributed by atoms with Crippen LogP contribution in [0, 0.1) is 10.1 Å². The first-order chi connectivity index (χ1) is 13.0. The van der Waals surface area contributed by atoms with Gasteiger partial charge in [-0.2, -0.15) is 0 Å². The lowest BCUT2D eigenvalue weighted by Crippen LogP contribution is -2.54. The van der Waals surface area contributed by atoms with E-state index < -0.39 is 16.5 Å². The number of hydrogen-bond acceptors (Lipinski definition) is 7. The minimum absolute atomic E-state index is 0.0576. The first-order valence-corrected chi connectivity index (χ1v) is 9.23. The van der Waals surface area contributed by atoms with Crippen molar-refractivity contribution >= 4 is 23.4 Å². The molecule has 0 spiro atoms. The number of esters is 1. The van der Waals surface area contributed by atoms with Crippen molar-refractivity contribution in [3.8, 4) is 0 Å². The summed E-state index contributed by atoms with van der Waals surface area (Å²) in [5.41, 5.74) is -0.261. The van der Waals surface area contributed by atoms with Gasteiger partial charge in [-0.1, -0.05) is 0 Å². The largest absolute Gasteiger partial charge is 0.462 e. The predicted octanol–water partition coefficient (Wildman–Crippen LogP) is 3.22. The van der Waals surface area contributed by atoms with Gasteiger partial charge >= 0.3 is 12.1 Å². The third-order valence-corrected chi connectivity index (χ3v) is 4.28. The summed E-state index contributed by atoms with van der Waals surface area (Å²) in [4.78, 5) is 38.7. The average molecular weight is 393 g/mol. The Kier molecular flexibility index (Phi) is 6.48. The minimum atomic E-state index is -0.726. The Balaban J connectivity index is 2.20. The second-order valence-corrected chi connectivity index (χ2v) is 7.65. The molecule has 154 valence electrons. The molecule has 1 aromatic carbocycles. The van der Waals surface area contributed by atoms with Gasteiger partial charge in [0.1, 0.15) is 11.2 Å². The highest BCUT2D eigenvalue weighted by Crippen LogP contribution is 2.28. The number of anilines is 1. The molecule has 1 heterocycles. The zero-order valence-electron chi connectivity index (χ0n) is 16.9. The second kappa shape index (κ2) is 8.45. The van der Waals surface area contributed by atoms with Crippen LogP contribution in [0.4, 0.5) is 16.2 Å². The number of ether oxygens (including phenoxy) is 2. The van der Waals surface area contributed by atoms with E-state index in [2.05, 4.69) is 0 Å². The molecule has 0 saturated carbocycles. The van der Waals surface area contributed by atoms with Crippen molar-refractivity contribution in [2.24, 2.45) is 0 Å². The van der Waals surface area contributed by atoms with Gasteiger partial charge in [0, 0.05) is 37.4 Å². The van der Waals surface area contributed by atoms with E-state index in [1.807, 2.05) is 32.6 Å². The fourth-order valence-corrected chi connectivity index (χ4v) is 3.07. The Hall–Kier alpha value is -2.84. The summed E-state index contributed by atoms with van der Waals surface area (Å²) in [6, 6.07) is 4.35. The summed E-state index contributed by atoms with van der Waals surface area (Å²) in [6.07, 6.45) is -0.366. The molecule has 0 unspecified atom stereocenters. The normalized spacial score (nSPS) is 17.2. The van der Waals surface area contributed by atoms with Crippen molar-refractivity contribution in [2.45, 2.75) is 46.3 Å². The molecule has 0 bridgehead atoms.